The normalized spacial score (nSPS) is 29.6. The Morgan fingerprint density at radius 1 is 0.833 bits per heavy atom. The molecule has 0 spiro atoms. The molecule has 2 atom stereocenters. The number of halogens is 4. The van der Waals surface area contributed by atoms with Crippen LogP contribution in [0.15, 0.2) is 0 Å². The van der Waals surface area contributed by atoms with Crippen molar-refractivity contribution in [2.45, 2.75) is 114 Å². The zero-order valence-corrected chi connectivity index (χ0v) is 25.3. The van der Waals surface area contributed by atoms with Crippen molar-refractivity contribution in [2.75, 3.05) is 32.8 Å². The maximum atomic E-state index is 12.8. The first-order valence-electron chi connectivity index (χ1n) is 14.5. The Balaban J connectivity index is 0. The Morgan fingerprint density at radius 3 is 1.56 bits per heavy atom. The molecule has 3 rings (SSSR count). The van der Waals surface area contributed by atoms with Crippen LogP contribution in [0.2, 0.25) is 0 Å². The molecule has 7 heteroatoms. The van der Waals surface area contributed by atoms with Gasteiger partial charge in [-0.25, -0.2) is 17.6 Å². The summed E-state index contributed by atoms with van der Waals surface area (Å²) in [6.45, 7) is 23.3. The Bertz CT molecular complexity index is 505. The van der Waals surface area contributed by atoms with Gasteiger partial charge in [-0.3, -0.25) is 0 Å². The van der Waals surface area contributed by atoms with Crippen LogP contribution < -0.4 is 11.1 Å². The lowest BCUT2D eigenvalue weighted by Gasteiger charge is -2.49. The molecule has 1 aliphatic carbocycles. The minimum absolute atomic E-state index is 0.0116. The summed E-state index contributed by atoms with van der Waals surface area (Å²) in [7, 11) is 0. The minimum Gasteiger partial charge on any atom is -0.375 e. The van der Waals surface area contributed by atoms with Crippen molar-refractivity contribution < 1.29 is 22.3 Å². The molecule has 0 aromatic rings. The van der Waals surface area contributed by atoms with E-state index in [1.807, 2.05) is 41.5 Å². The van der Waals surface area contributed by atoms with Crippen LogP contribution in [-0.4, -0.2) is 44.7 Å². The van der Waals surface area contributed by atoms with E-state index in [1.54, 1.807) is 13.8 Å². The lowest BCUT2D eigenvalue weighted by atomic mass is 9.56. The van der Waals surface area contributed by atoms with E-state index in [2.05, 4.69) is 30.8 Å². The van der Waals surface area contributed by atoms with E-state index in [0.717, 1.165) is 18.4 Å². The molecular formula is C29H60F4N2O. The molecular weight excluding hydrogens is 468 g/mol. The standard InChI is InChI=1S/C11H23N.C7H13F2N.C7H12F2O.2C2H6/c1-4-11(5-6-12)7-10(8-11)9(2)3;2*1-5(2)6-3-10-4-7(6,8)9;2*1-2/h9-10H,4-8,12H2,1-3H3;5-6,10H,3-4H2,1-2H3;5-6H,3-4H2,1-2H3;2*1-2H3. The molecule has 0 aromatic carbocycles. The van der Waals surface area contributed by atoms with E-state index < -0.39 is 30.3 Å². The smallest absolute Gasteiger partial charge is 0.276 e. The molecule has 3 aliphatic rings. The van der Waals surface area contributed by atoms with Crippen LogP contribution in [0.3, 0.4) is 0 Å². The molecule has 3 N–H and O–H groups in total. The van der Waals surface area contributed by atoms with Crippen molar-refractivity contribution >= 4 is 0 Å². The Hall–Kier alpha value is -0.400. The molecule has 2 unspecified atom stereocenters. The summed E-state index contributed by atoms with van der Waals surface area (Å²) in [5.41, 5.74) is 6.26. The molecule has 220 valence electrons. The van der Waals surface area contributed by atoms with Gasteiger partial charge in [-0.05, 0) is 54.9 Å². The highest BCUT2D eigenvalue weighted by atomic mass is 19.3. The Morgan fingerprint density at radius 2 is 1.33 bits per heavy atom. The maximum absolute atomic E-state index is 12.8. The number of hydrogen-bond acceptors (Lipinski definition) is 3. The van der Waals surface area contributed by atoms with Gasteiger partial charge in [-0.1, -0.05) is 82.6 Å². The summed E-state index contributed by atoms with van der Waals surface area (Å²) in [6, 6.07) is 0. The molecule has 2 saturated heterocycles. The molecule has 36 heavy (non-hydrogen) atoms. The quantitative estimate of drug-likeness (QED) is 0.341. The van der Waals surface area contributed by atoms with Crippen molar-refractivity contribution in [3.8, 4) is 0 Å². The van der Waals surface area contributed by atoms with E-state index in [4.69, 9.17) is 5.73 Å². The van der Waals surface area contributed by atoms with E-state index in [1.165, 1.54) is 25.7 Å². The van der Waals surface area contributed by atoms with Crippen LogP contribution in [0.5, 0.6) is 0 Å². The first-order chi connectivity index (χ1) is 16.7. The van der Waals surface area contributed by atoms with Crippen LogP contribution in [0.25, 0.3) is 0 Å². The van der Waals surface area contributed by atoms with Crippen LogP contribution in [0, 0.1) is 40.9 Å². The highest BCUT2D eigenvalue weighted by molar-refractivity contribution is 4.94. The fourth-order valence-corrected chi connectivity index (χ4v) is 5.13. The topological polar surface area (TPSA) is 47.3 Å². The van der Waals surface area contributed by atoms with Crippen LogP contribution >= 0.6 is 0 Å². The molecule has 3 nitrogen and oxygen atoms in total. The predicted octanol–water partition coefficient (Wildman–Crippen LogP) is 8.27. The maximum Gasteiger partial charge on any atom is 0.276 e. The van der Waals surface area contributed by atoms with E-state index in [-0.39, 0.29) is 25.0 Å². The second kappa shape index (κ2) is 18.0. The summed E-state index contributed by atoms with van der Waals surface area (Å²) in [4.78, 5) is 0. The van der Waals surface area contributed by atoms with Gasteiger partial charge in [-0.15, -0.1) is 0 Å². The van der Waals surface area contributed by atoms with Crippen molar-refractivity contribution in [1.29, 1.82) is 0 Å². The second-order valence-electron chi connectivity index (χ2n) is 11.2. The number of ether oxygens (including phenoxy) is 1. The van der Waals surface area contributed by atoms with Crippen molar-refractivity contribution in [3.63, 3.8) is 0 Å². The third-order valence-corrected chi connectivity index (χ3v) is 7.77. The first kappa shape index (κ1) is 37.8. The number of alkyl halides is 4. The summed E-state index contributed by atoms with van der Waals surface area (Å²) in [6.07, 6.45) is 5.43. The van der Waals surface area contributed by atoms with Gasteiger partial charge in [0.25, 0.3) is 11.8 Å². The zero-order chi connectivity index (χ0) is 28.7. The van der Waals surface area contributed by atoms with Gasteiger partial charge >= 0.3 is 0 Å². The van der Waals surface area contributed by atoms with Gasteiger partial charge < -0.3 is 15.8 Å². The Labute approximate surface area is 221 Å². The number of nitrogens with one attached hydrogen (secondary N) is 1. The Kier molecular flexibility index (Phi) is 18.9. The largest absolute Gasteiger partial charge is 0.375 e. The molecule has 2 aliphatic heterocycles. The van der Waals surface area contributed by atoms with E-state index in [9.17, 15) is 17.6 Å². The first-order valence-corrected chi connectivity index (χ1v) is 14.5. The van der Waals surface area contributed by atoms with Gasteiger partial charge in [0, 0.05) is 12.5 Å². The SMILES string of the molecule is CC.CC.CC(C)C1CNCC1(F)F.CC(C)C1COCC1(F)F.CCC1(CCN)CC(C(C)C)C1. The number of hydrogen-bond donors (Lipinski definition) is 2. The fourth-order valence-electron chi connectivity index (χ4n) is 5.13. The van der Waals surface area contributed by atoms with Gasteiger partial charge in [0.15, 0.2) is 0 Å². The van der Waals surface area contributed by atoms with Crippen molar-refractivity contribution in [2.24, 2.45) is 46.7 Å². The average molecular weight is 529 g/mol. The molecule has 3 fully saturated rings. The molecule has 0 aromatic heterocycles. The van der Waals surface area contributed by atoms with E-state index in [0.29, 0.717) is 12.0 Å². The van der Waals surface area contributed by atoms with Gasteiger partial charge in [0.05, 0.1) is 19.1 Å². The monoisotopic (exact) mass is 528 g/mol. The van der Waals surface area contributed by atoms with Gasteiger partial charge in [-0.2, -0.15) is 0 Å². The lowest BCUT2D eigenvalue weighted by Crippen LogP contribution is -2.40. The average Bonchev–Trinajstić information content (AvgIpc) is 3.34. The van der Waals surface area contributed by atoms with Crippen LogP contribution in [-0.2, 0) is 4.74 Å². The third kappa shape index (κ3) is 12.0. The molecule has 2 heterocycles. The molecule has 1 saturated carbocycles. The number of nitrogens with two attached hydrogens (primary N) is 1. The van der Waals surface area contributed by atoms with Crippen LogP contribution in [0.1, 0.15) is 102 Å². The minimum atomic E-state index is -2.59. The molecule has 0 radical (unpaired) electrons. The predicted molar refractivity (Wildman–Crippen MR) is 147 cm³/mol. The van der Waals surface area contributed by atoms with Gasteiger partial charge in [0.1, 0.15) is 6.61 Å². The molecule has 0 amide bonds. The van der Waals surface area contributed by atoms with Crippen molar-refractivity contribution in [1.82, 2.24) is 5.32 Å². The highest BCUT2D eigenvalue weighted by Gasteiger charge is 2.47. The summed E-state index contributed by atoms with van der Waals surface area (Å²) in [5.74, 6) is -4.16. The summed E-state index contributed by atoms with van der Waals surface area (Å²) in [5, 5.41) is 2.69. The lowest BCUT2D eigenvalue weighted by molar-refractivity contribution is -0.0483. The highest BCUT2D eigenvalue weighted by Crippen LogP contribution is 2.53. The van der Waals surface area contributed by atoms with Crippen LogP contribution in [0.4, 0.5) is 17.6 Å². The fraction of sp³-hybridized carbons (Fsp3) is 1.00. The van der Waals surface area contributed by atoms with Gasteiger partial charge in [0.2, 0.25) is 0 Å². The molecule has 0 bridgehead atoms. The summed E-state index contributed by atoms with van der Waals surface area (Å²) < 4.78 is 55.7. The zero-order valence-electron chi connectivity index (χ0n) is 25.3. The third-order valence-electron chi connectivity index (χ3n) is 7.77. The van der Waals surface area contributed by atoms with E-state index >= 15 is 0 Å². The van der Waals surface area contributed by atoms with Crippen molar-refractivity contribution in [3.05, 3.63) is 0 Å². The number of rotatable bonds is 6. The summed E-state index contributed by atoms with van der Waals surface area (Å²) >= 11 is 0. The second-order valence-corrected chi connectivity index (χ2v) is 11.2.